The molecule has 1 fully saturated rings. The fraction of sp³-hybridized carbons (Fsp3) is 0.320. The van der Waals surface area contributed by atoms with Crippen molar-refractivity contribution < 1.29 is 17.5 Å². The second-order valence-electron chi connectivity index (χ2n) is 9.06. The molecule has 0 bridgehead atoms. The van der Waals surface area contributed by atoms with E-state index < -0.39 is 15.8 Å². The second-order valence-corrected chi connectivity index (χ2v) is 10.8. The molecule has 2 heterocycles. The summed E-state index contributed by atoms with van der Waals surface area (Å²) in [5, 5.41) is 6.32. The van der Waals surface area contributed by atoms with Crippen molar-refractivity contribution in [2.24, 2.45) is 0 Å². The van der Waals surface area contributed by atoms with Gasteiger partial charge in [-0.2, -0.15) is 4.98 Å². The van der Waals surface area contributed by atoms with Gasteiger partial charge in [0.15, 0.2) is 5.65 Å². The van der Waals surface area contributed by atoms with Crippen molar-refractivity contribution in [1.82, 2.24) is 24.2 Å². The number of anilines is 4. The number of hydrogen-bond donors (Lipinski definition) is 3. The van der Waals surface area contributed by atoms with E-state index in [1.54, 1.807) is 31.5 Å². The number of imidazole rings is 1. The normalized spacial score (nSPS) is 18.0. The van der Waals surface area contributed by atoms with Gasteiger partial charge >= 0.3 is 0 Å². The first-order valence-electron chi connectivity index (χ1n) is 11.9. The number of sulfonamides is 1. The van der Waals surface area contributed by atoms with Crippen molar-refractivity contribution in [2.45, 2.75) is 37.8 Å². The lowest BCUT2D eigenvalue weighted by atomic mass is 9.91. The molecule has 194 valence electrons. The van der Waals surface area contributed by atoms with Gasteiger partial charge in [-0.15, -0.1) is 0 Å². The summed E-state index contributed by atoms with van der Waals surface area (Å²) < 4.78 is 47.7. The lowest BCUT2D eigenvalue weighted by Crippen LogP contribution is -2.37. The minimum absolute atomic E-state index is 0.0133. The Balaban J connectivity index is 1.48. The lowest BCUT2D eigenvalue weighted by Gasteiger charge is -2.30. The minimum Gasteiger partial charge on any atom is -0.497 e. The smallest absolute Gasteiger partial charge is 0.229 e. The van der Waals surface area contributed by atoms with E-state index in [2.05, 4.69) is 25.3 Å². The molecule has 0 amide bonds. The van der Waals surface area contributed by atoms with Crippen LogP contribution in [0.5, 0.6) is 5.75 Å². The molecular formula is C25H28FN7O3S. The maximum atomic E-state index is 14.5. The number of benzene rings is 2. The predicted molar refractivity (Wildman–Crippen MR) is 141 cm³/mol. The Morgan fingerprint density at radius 1 is 1.00 bits per heavy atom. The summed E-state index contributed by atoms with van der Waals surface area (Å²) in [6, 6.07) is 13.7. The highest BCUT2D eigenvalue weighted by Gasteiger charge is 2.28. The molecule has 2 aromatic heterocycles. The van der Waals surface area contributed by atoms with E-state index in [1.807, 2.05) is 28.8 Å². The summed E-state index contributed by atoms with van der Waals surface area (Å²) >= 11 is 0. The van der Waals surface area contributed by atoms with Gasteiger partial charge in [-0.05, 0) is 62.1 Å². The molecule has 0 spiro atoms. The van der Waals surface area contributed by atoms with Crippen LogP contribution in [0, 0.1) is 5.82 Å². The fourth-order valence-electron chi connectivity index (χ4n) is 4.63. The third-order valence-electron chi connectivity index (χ3n) is 6.34. The highest BCUT2D eigenvalue weighted by Crippen LogP contribution is 2.35. The number of aromatic nitrogens is 4. The van der Waals surface area contributed by atoms with E-state index in [-0.39, 0.29) is 12.1 Å². The number of nitrogens with zero attached hydrogens (tertiary/aromatic N) is 4. The summed E-state index contributed by atoms with van der Waals surface area (Å²) in [7, 11) is -1.67. The quantitative estimate of drug-likeness (QED) is 0.307. The van der Waals surface area contributed by atoms with Crippen LogP contribution in [0.2, 0.25) is 0 Å². The SMILES string of the molecule is COc1ccc(Nc2ncc3nc(Nc4ccccc4F)n([C@H]4CC[C@H](NS(C)(=O)=O)CC4)c3n2)cc1. The van der Waals surface area contributed by atoms with Crippen LogP contribution in [0.3, 0.4) is 0 Å². The van der Waals surface area contributed by atoms with Crippen molar-refractivity contribution in [2.75, 3.05) is 24.0 Å². The van der Waals surface area contributed by atoms with Gasteiger partial charge < -0.3 is 15.4 Å². The predicted octanol–water partition coefficient (Wildman–Crippen LogP) is 4.49. The molecule has 0 atom stereocenters. The maximum Gasteiger partial charge on any atom is 0.229 e. The topological polar surface area (TPSA) is 123 Å². The molecule has 10 nitrogen and oxygen atoms in total. The van der Waals surface area contributed by atoms with E-state index >= 15 is 0 Å². The van der Waals surface area contributed by atoms with Crippen molar-refractivity contribution in [3.63, 3.8) is 0 Å². The van der Waals surface area contributed by atoms with Crippen LogP contribution in [-0.4, -0.2) is 47.3 Å². The number of halogens is 1. The highest BCUT2D eigenvalue weighted by molar-refractivity contribution is 7.88. The van der Waals surface area contributed by atoms with Gasteiger partial charge in [-0.25, -0.2) is 27.5 Å². The van der Waals surface area contributed by atoms with Gasteiger partial charge in [0.25, 0.3) is 0 Å². The van der Waals surface area contributed by atoms with E-state index in [9.17, 15) is 12.8 Å². The Kier molecular flexibility index (Phi) is 6.94. The van der Waals surface area contributed by atoms with Gasteiger partial charge in [0.05, 0.1) is 25.2 Å². The molecular weight excluding hydrogens is 497 g/mol. The number of methoxy groups -OCH3 is 1. The Labute approximate surface area is 214 Å². The van der Waals surface area contributed by atoms with Crippen molar-refractivity contribution in [1.29, 1.82) is 0 Å². The van der Waals surface area contributed by atoms with E-state index in [4.69, 9.17) is 9.72 Å². The molecule has 0 aliphatic heterocycles. The third-order valence-corrected chi connectivity index (χ3v) is 7.10. The van der Waals surface area contributed by atoms with Crippen LogP contribution < -0.4 is 20.1 Å². The number of ether oxygens (including phenoxy) is 1. The molecule has 2 aromatic carbocycles. The van der Waals surface area contributed by atoms with Crippen LogP contribution >= 0.6 is 0 Å². The zero-order valence-electron chi connectivity index (χ0n) is 20.5. The first-order valence-corrected chi connectivity index (χ1v) is 13.8. The van der Waals surface area contributed by atoms with Crippen molar-refractivity contribution >= 4 is 44.5 Å². The van der Waals surface area contributed by atoms with Crippen LogP contribution in [0.15, 0.2) is 54.7 Å². The molecule has 1 aliphatic rings. The van der Waals surface area contributed by atoms with Crippen LogP contribution in [-0.2, 0) is 10.0 Å². The molecule has 1 saturated carbocycles. The largest absolute Gasteiger partial charge is 0.497 e. The summed E-state index contributed by atoms with van der Waals surface area (Å²) in [6.45, 7) is 0. The average molecular weight is 526 g/mol. The van der Waals surface area contributed by atoms with Gasteiger partial charge in [0, 0.05) is 17.8 Å². The standard InChI is InChI=1S/C25H28FN7O3S/c1-36-19-13-9-16(10-14-19)28-24-27-15-22-23(31-24)33(18-11-7-17(8-12-18)32-37(2,34)35)25(30-22)29-21-6-4-3-5-20(21)26/h3-6,9-10,13-15,17-18,32H,7-8,11-12H2,1-2H3,(H,29,30)(H,27,28,31)/t17-,18-. The minimum atomic E-state index is -3.28. The monoisotopic (exact) mass is 525 g/mol. The van der Waals surface area contributed by atoms with Gasteiger partial charge in [0.2, 0.25) is 21.9 Å². The highest BCUT2D eigenvalue weighted by atomic mass is 32.2. The number of nitrogens with one attached hydrogen (secondary N) is 3. The molecule has 37 heavy (non-hydrogen) atoms. The van der Waals surface area contributed by atoms with Crippen molar-refractivity contribution in [3.05, 3.63) is 60.5 Å². The van der Waals surface area contributed by atoms with E-state index in [0.29, 0.717) is 54.4 Å². The first kappa shape index (κ1) is 24.9. The Morgan fingerprint density at radius 3 is 2.41 bits per heavy atom. The molecule has 5 rings (SSSR count). The van der Waals surface area contributed by atoms with E-state index in [0.717, 1.165) is 11.4 Å². The number of para-hydroxylation sites is 1. The fourth-order valence-corrected chi connectivity index (χ4v) is 5.47. The molecule has 3 N–H and O–H groups in total. The number of rotatable bonds is 8. The molecule has 1 aliphatic carbocycles. The van der Waals surface area contributed by atoms with Gasteiger partial charge in [0.1, 0.15) is 17.1 Å². The molecule has 4 aromatic rings. The maximum absolute atomic E-state index is 14.5. The Hall–Kier alpha value is -3.77. The molecule has 0 radical (unpaired) electrons. The summed E-state index contributed by atoms with van der Waals surface area (Å²) in [6.07, 6.45) is 5.55. The Bertz CT molecular complexity index is 1500. The van der Waals surface area contributed by atoms with Crippen LogP contribution in [0.1, 0.15) is 31.7 Å². The summed E-state index contributed by atoms with van der Waals surface area (Å²) in [5.41, 5.74) is 2.26. The van der Waals surface area contributed by atoms with Gasteiger partial charge in [-0.1, -0.05) is 12.1 Å². The zero-order chi connectivity index (χ0) is 26.0. The van der Waals surface area contributed by atoms with Crippen molar-refractivity contribution in [3.8, 4) is 5.75 Å². The van der Waals surface area contributed by atoms with E-state index in [1.165, 1.54) is 12.3 Å². The Morgan fingerprint density at radius 2 is 1.73 bits per heavy atom. The summed E-state index contributed by atoms with van der Waals surface area (Å²) in [5.74, 6) is 1.19. The molecule has 0 unspecified atom stereocenters. The van der Waals surface area contributed by atoms with Crippen LogP contribution in [0.4, 0.5) is 27.7 Å². The number of fused-ring (bicyclic) bond motifs is 1. The van der Waals surface area contributed by atoms with Gasteiger partial charge in [-0.3, -0.25) is 4.57 Å². The zero-order valence-corrected chi connectivity index (χ0v) is 21.3. The number of hydrogen-bond acceptors (Lipinski definition) is 8. The lowest BCUT2D eigenvalue weighted by molar-refractivity contribution is 0.317. The average Bonchev–Trinajstić information content (AvgIpc) is 3.22. The third kappa shape index (κ3) is 5.81. The molecule has 0 saturated heterocycles. The first-order chi connectivity index (χ1) is 17.8. The van der Waals surface area contributed by atoms with Crippen LogP contribution in [0.25, 0.3) is 11.2 Å². The molecule has 12 heteroatoms. The summed E-state index contributed by atoms with van der Waals surface area (Å²) in [4.78, 5) is 13.8. The second kappa shape index (κ2) is 10.3.